The molecular formula is C13H23N5O2. The Balaban J connectivity index is 2.39. The van der Waals surface area contributed by atoms with Crippen LogP contribution in [0, 0.1) is 5.92 Å². The van der Waals surface area contributed by atoms with Gasteiger partial charge in [-0.05, 0) is 12.8 Å². The van der Waals surface area contributed by atoms with E-state index in [0.29, 0.717) is 0 Å². The number of nitrogens with two attached hydrogens (primary N) is 1. The van der Waals surface area contributed by atoms with E-state index in [9.17, 15) is 9.59 Å². The quantitative estimate of drug-likeness (QED) is 0.666. The van der Waals surface area contributed by atoms with E-state index in [0.717, 1.165) is 5.56 Å². The Morgan fingerprint density at radius 2 is 2.05 bits per heavy atom. The molecule has 0 bridgehead atoms. The average molecular weight is 281 g/mol. The maximum Gasteiger partial charge on any atom is 0.239 e. The molecule has 2 amide bonds. The molecule has 0 saturated carbocycles. The normalized spacial score (nSPS) is 13.9. The van der Waals surface area contributed by atoms with Gasteiger partial charge in [-0.25, -0.2) is 0 Å². The fourth-order valence-electron chi connectivity index (χ4n) is 1.63. The number of hydrogen-bond acceptors (Lipinski definition) is 4. The Labute approximate surface area is 118 Å². The number of nitrogens with one attached hydrogen (secondary N) is 2. The second kappa shape index (κ2) is 7.04. The summed E-state index contributed by atoms with van der Waals surface area (Å²) in [5.74, 6) is -0.540. The maximum atomic E-state index is 11.7. The summed E-state index contributed by atoms with van der Waals surface area (Å²) in [5, 5.41) is 9.35. The van der Waals surface area contributed by atoms with Crippen molar-refractivity contribution in [1.82, 2.24) is 20.4 Å². The van der Waals surface area contributed by atoms with Crippen molar-refractivity contribution in [3.05, 3.63) is 18.0 Å². The van der Waals surface area contributed by atoms with Gasteiger partial charge in [0, 0.05) is 18.8 Å². The molecule has 1 heterocycles. The van der Waals surface area contributed by atoms with E-state index in [1.165, 1.54) is 0 Å². The van der Waals surface area contributed by atoms with E-state index in [1.54, 1.807) is 10.9 Å². The first-order chi connectivity index (χ1) is 9.31. The maximum absolute atomic E-state index is 11.7. The zero-order chi connectivity index (χ0) is 15.3. The molecule has 1 aromatic heterocycles. The number of aryl methyl sites for hydroxylation is 1. The molecule has 0 aliphatic rings. The molecule has 1 aromatic rings. The molecular weight excluding hydrogens is 258 g/mol. The monoisotopic (exact) mass is 281 g/mol. The van der Waals surface area contributed by atoms with Crippen LogP contribution in [0.25, 0.3) is 0 Å². The van der Waals surface area contributed by atoms with Crippen molar-refractivity contribution in [2.45, 2.75) is 32.9 Å². The van der Waals surface area contributed by atoms with Crippen LogP contribution < -0.4 is 16.4 Å². The molecule has 7 heteroatoms. The number of carbonyl (C=O) groups excluding carboxylic acids is 2. The second-order valence-electron chi connectivity index (χ2n) is 5.22. The van der Waals surface area contributed by atoms with Gasteiger partial charge >= 0.3 is 0 Å². The average Bonchev–Trinajstić information content (AvgIpc) is 2.81. The van der Waals surface area contributed by atoms with Crippen LogP contribution in [0.5, 0.6) is 0 Å². The number of rotatable bonds is 6. The summed E-state index contributed by atoms with van der Waals surface area (Å²) in [6.07, 6.45) is 3.52. The van der Waals surface area contributed by atoms with E-state index < -0.39 is 6.04 Å². The van der Waals surface area contributed by atoms with Gasteiger partial charge in [-0.2, -0.15) is 5.10 Å². The van der Waals surface area contributed by atoms with Crippen LogP contribution in [0.3, 0.4) is 0 Å². The summed E-state index contributed by atoms with van der Waals surface area (Å²) < 4.78 is 1.67. The van der Waals surface area contributed by atoms with Crippen LogP contribution in [0.2, 0.25) is 0 Å². The van der Waals surface area contributed by atoms with E-state index in [1.807, 2.05) is 34.0 Å². The minimum Gasteiger partial charge on any atom is -0.348 e. The lowest BCUT2D eigenvalue weighted by Crippen LogP contribution is -2.47. The number of hydrogen-bond donors (Lipinski definition) is 3. The minimum atomic E-state index is -0.599. The van der Waals surface area contributed by atoms with Crippen LogP contribution in [0.4, 0.5) is 0 Å². The summed E-state index contributed by atoms with van der Waals surface area (Å²) in [5.41, 5.74) is 6.59. The highest BCUT2D eigenvalue weighted by molar-refractivity contribution is 5.87. The summed E-state index contributed by atoms with van der Waals surface area (Å²) >= 11 is 0. The van der Waals surface area contributed by atoms with Crippen molar-refractivity contribution in [3.8, 4) is 0 Å². The Morgan fingerprint density at radius 3 is 2.55 bits per heavy atom. The van der Waals surface area contributed by atoms with Gasteiger partial charge in [-0.1, -0.05) is 13.8 Å². The topological polar surface area (TPSA) is 102 Å². The van der Waals surface area contributed by atoms with Gasteiger partial charge in [0.15, 0.2) is 0 Å². The Bertz CT molecular complexity index is 469. The SMILES string of the molecule is CC(NC(=O)CNC(=O)[C@@H](N)C(C)C)c1cnn(C)c1. The molecule has 20 heavy (non-hydrogen) atoms. The van der Waals surface area contributed by atoms with E-state index >= 15 is 0 Å². The molecule has 4 N–H and O–H groups in total. The standard InChI is InChI=1S/C13H23N5O2/c1-8(2)12(14)13(20)15-6-11(19)17-9(3)10-5-16-18(4)7-10/h5,7-9,12H,6,14H2,1-4H3,(H,15,20)(H,17,19)/t9?,12-/m0/s1. The number of amides is 2. The molecule has 0 fully saturated rings. The molecule has 0 aromatic carbocycles. The molecule has 0 aliphatic carbocycles. The fraction of sp³-hybridized carbons (Fsp3) is 0.615. The number of nitrogens with zero attached hydrogens (tertiary/aromatic N) is 2. The van der Waals surface area contributed by atoms with Gasteiger partial charge < -0.3 is 16.4 Å². The fourth-order valence-corrected chi connectivity index (χ4v) is 1.63. The second-order valence-corrected chi connectivity index (χ2v) is 5.22. The largest absolute Gasteiger partial charge is 0.348 e. The predicted molar refractivity (Wildman–Crippen MR) is 75.6 cm³/mol. The summed E-state index contributed by atoms with van der Waals surface area (Å²) in [6.45, 7) is 5.49. The first-order valence-electron chi connectivity index (χ1n) is 6.62. The van der Waals surface area contributed by atoms with Crippen molar-refractivity contribution in [2.75, 3.05) is 6.54 Å². The van der Waals surface area contributed by atoms with Crippen LogP contribution in [0.15, 0.2) is 12.4 Å². The zero-order valence-electron chi connectivity index (χ0n) is 12.4. The van der Waals surface area contributed by atoms with Crippen molar-refractivity contribution in [2.24, 2.45) is 18.7 Å². The van der Waals surface area contributed by atoms with Gasteiger partial charge in [0.1, 0.15) is 0 Å². The third-order valence-corrected chi connectivity index (χ3v) is 3.05. The molecule has 0 spiro atoms. The highest BCUT2D eigenvalue weighted by Gasteiger charge is 2.18. The van der Waals surface area contributed by atoms with Crippen LogP contribution >= 0.6 is 0 Å². The lowest BCUT2D eigenvalue weighted by Gasteiger charge is -2.16. The number of carbonyl (C=O) groups is 2. The molecule has 1 rings (SSSR count). The highest BCUT2D eigenvalue weighted by Crippen LogP contribution is 2.09. The van der Waals surface area contributed by atoms with Crippen LogP contribution in [-0.4, -0.2) is 34.2 Å². The molecule has 1 unspecified atom stereocenters. The van der Waals surface area contributed by atoms with Crippen molar-refractivity contribution >= 4 is 11.8 Å². The van der Waals surface area contributed by atoms with Crippen LogP contribution in [-0.2, 0) is 16.6 Å². The van der Waals surface area contributed by atoms with Gasteiger partial charge in [0.2, 0.25) is 11.8 Å². The smallest absolute Gasteiger partial charge is 0.239 e. The van der Waals surface area contributed by atoms with E-state index in [-0.39, 0.29) is 30.3 Å². The van der Waals surface area contributed by atoms with Gasteiger partial charge in [0.25, 0.3) is 0 Å². The predicted octanol–water partition coefficient (Wildman–Crippen LogP) is -0.303. The third kappa shape index (κ3) is 4.65. The minimum absolute atomic E-state index is 0.0346. The van der Waals surface area contributed by atoms with Gasteiger partial charge in [-0.3, -0.25) is 14.3 Å². The lowest BCUT2D eigenvalue weighted by molar-refractivity contribution is -0.127. The van der Waals surface area contributed by atoms with Crippen molar-refractivity contribution in [3.63, 3.8) is 0 Å². The van der Waals surface area contributed by atoms with E-state index in [2.05, 4.69) is 15.7 Å². The Kier molecular flexibility index (Phi) is 5.69. The highest BCUT2D eigenvalue weighted by atomic mass is 16.2. The summed E-state index contributed by atoms with van der Waals surface area (Å²) in [7, 11) is 1.81. The Hall–Kier alpha value is -1.89. The van der Waals surface area contributed by atoms with E-state index in [4.69, 9.17) is 5.73 Å². The summed E-state index contributed by atoms with van der Waals surface area (Å²) in [4.78, 5) is 23.4. The first kappa shape index (κ1) is 16.2. The summed E-state index contributed by atoms with van der Waals surface area (Å²) in [6, 6.07) is -0.759. The molecule has 0 radical (unpaired) electrons. The van der Waals surface area contributed by atoms with Crippen molar-refractivity contribution in [1.29, 1.82) is 0 Å². The first-order valence-corrected chi connectivity index (χ1v) is 6.62. The molecule has 0 aliphatic heterocycles. The van der Waals surface area contributed by atoms with Gasteiger partial charge in [0.05, 0.1) is 24.8 Å². The molecule has 0 saturated heterocycles. The molecule has 112 valence electrons. The van der Waals surface area contributed by atoms with Gasteiger partial charge in [-0.15, -0.1) is 0 Å². The van der Waals surface area contributed by atoms with Crippen molar-refractivity contribution < 1.29 is 9.59 Å². The third-order valence-electron chi connectivity index (χ3n) is 3.05. The number of aromatic nitrogens is 2. The molecule has 2 atom stereocenters. The zero-order valence-corrected chi connectivity index (χ0v) is 12.4. The molecule has 7 nitrogen and oxygen atoms in total. The Morgan fingerprint density at radius 1 is 1.40 bits per heavy atom. The van der Waals surface area contributed by atoms with Crippen LogP contribution in [0.1, 0.15) is 32.4 Å². The lowest BCUT2D eigenvalue weighted by atomic mass is 10.1.